The van der Waals surface area contributed by atoms with Gasteiger partial charge in [0.05, 0.1) is 7.11 Å². The Morgan fingerprint density at radius 2 is 2.24 bits per heavy atom. The van der Waals surface area contributed by atoms with Gasteiger partial charge in [-0.15, -0.1) is 23.7 Å². The Morgan fingerprint density at radius 1 is 1.57 bits per heavy atom. The molecule has 0 aliphatic carbocycles. The minimum atomic E-state index is -3.66. The van der Waals surface area contributed by atoms with E-state index in [0.29, 0.717) is 13.1 Å². The number of nitrogens with zero attached hydrogens (tertiary/aromatic N) is 1. The molecule has 2 unspecified atom stereocenters. The molecule has 1 aromatic rings. The second-order valence-corrected chi connectivity index (χ2v) is 7.70. The molecule has 1 aliphatic rings. The molecule has 0 radical (unpaired) electrons. The fraction of sp³-hybridized carbons (Fsp3) is 0.583. The maximum Gasteiger partial charge on any atom is 0.349 e. The second-order valence-electron chi connectivity index (χ2n) is 4.88. The van der Waals surface area contributed by atoms with Crippen LogP contribution in [-0.4, -0.2) is 44.9 Å². The van der Waals surface area contributed by atoms with Crippen molar-refractivity contribution in [2.75, 3.05) is 20.2 Å². The first kappa shape index (κ1) is 18.4. The Morgan fingerprint density at radius 3 is 2.76 bits per heavy atom. The molecule has 120 valence electrons. The maximum absolute atomic E-state index is 12.6. The van der Waals surface area contributed by atoms with Crippen LogP contribution in [0, 0.1) is 5.92 Å². The number of carbonyl (C=O) groups excluding carboxylic acids is 1. The molecule has 0 spiro atoms. The molecular formula is C12H19ClN2O4S2. The Balaban J connectivity index is 0.00000220. The van der Waals surface area contributed by atoms with Gasteiger partial charge in [-0.1, -0.05) is 0 Å². The Kier molecular flexibility index (Phi) is 6.18. The van der Waals surface area contributed by atoms with Gasteiger partial charge in [-0.3, -0.25) is 0 Å². The Bertz CT molecular complexity index is 600. The molecule has 0 bridgehead atoms. The normalized spacial score (nSPS) is 20.8. The minimum absolute atomic E-state index is 0. The summed E-state index contributed by atoms with van der Waals surface area (Å²) in [6.07, 6.45) is 0.745. The minimum Gasteiger partial charge on any atom is -0.465 e. The van der Waals surface area contributed by atoms with Crippen molar-refractivity contribution in [1.29, 1.82) is 0 Å². The molecule has 0 amide bonds. The van der Waals surface area contributed by atoms with Gasteiger partial charge in [0.1, 0.15) is 9.77 Å². The quantitative estimate of drug-likeness (QED) is 0.823. The average molecular weight is 355 g/mol. The second kappa shape index (κ2) is 7.06. The summed E-state index contributed by atoms with van der Waals surface area (Å²) in [5.74, 6) is -0.466. The van der Waals surface area contributed by atoms with Gasteiger partial charge >= 0.3 is 5.97 Å². The molecule has 2 atom stereocenters. The lowest BCUT2D eigenvalue weighted by Gasteiger charge is -2.18. The Hall–Kier alpha value is -0.670. The Labute approximate surface area is 134 Å². The third-order valence-corrected chi connectivity index (χ3v) is 6.48. The van der Waals surface area contributed by atoms with Gasteiger partial charge in [0.15, 0.2) is 0 Å². The van der Waals surface area contributed by atoms with E-state index in [-0.39, 0.29) is 34.1 Å². The van der Waals surface area contributed by atoms with Crippen molar-refractivity contribution in [2.45, 2.75) is 24.3 Å². The van der Waals surface area contributed by atoms with E-state index in [9.17, 15) is 13.2 Å². The van der Waals surface area contributed by atoms with Gasteiger partial charge < -0.3 is 10.5 Å². The van der Waals surface area contributed by atoms with Crippen LogP contribution in [0.25, 0.3) is 0 Å². The van der Waals surface area contributed by atoms with Crippen LogP contribution in [0.4, 0.5) is 0 Å². The molecule has 0 aromatic carbocycles. The summed E-state index contributed by atoms with van der Waals surface area (Å²) < 4.78 is 31.2. The largest absolute Gasteiger partial charge is 0.465 e. The van der Waals surface area contributed by atoms with Crippen molar-refractivity contribution in [3.8, 4) is 0 Å². The molecule has 2 N–H and O–H groups in total. The van der Waals surface area contributed by atoms with Crippen molar-refractivity contribution in [2.24, 2.45) is 11.7 Å². The maximum atomic E-state index is 12.6. The van der Waals surface area contributed by atoms with Crippen LogP contribution in [0.2, 0.25) is 0 Å². The number of hydrogen-bond donors (Lipinski definition) is 1. The number of rotatable bonds is 4. The third kappa shape index (κ3) is 3.57. The standard InChI is InChI=1S/C12H18N2O4S2.ClH/c1-8(13)9-3-5-14(7-9)20(16,17)10-4-6-19-11(10)12(15)18-2;/h4,6,8-9H,3,5,7,13H2,1-2H3;1H. The lowest BCUT2D eigenvalue weighted by molar-refractivity contribution is 0.0602. The molecule has 2 rings (SSSR count). The highest BCUT2D eigenvalue weighted by Gasteiger charge is 2.36. The number of esters is 1. The molecule has 1 fully saturated rings. The molecule has 1 aromatic heterocycles. The fourth-order valence-corrected chi connectivity index (χ4v) is 5.10. The predicted octanol–water partition coefficient (Wildman–Crippen LogP) is 1.31. The number of sulfonamides is 1. The summed E-state index contributed by atoms with van der Waals surface area (Å²) in [4.78, 5) is 11.8. The van der Waals surface area contributed by atoms with Gasteiger partial charge in [-0.05, 0) is 30.7 Å². The highest BCUT2D eigenvalue weighted by atomic mass is 35.5. The van der Waals surface area contributed by atoms with Crippen LogP contribution in [0.5, 0.6) is 0 Å². The van der Waals surface area contributed by atoms with Crippen LogP contribution >= 0.6 is 23.7 Å². The number of thiophene rings is 1. The number of hydrogen-bond acceptors (Lipinski definition) is 6. The first-order valence-electron chi connectivity index (χ1n) is 6.29. The highest BCUT2D eigenvalue weighted by Crippen LogP contribution is 2.30. The summed E-state index contributed by atoms with van der Waals surface area (Å²) in [6.45, 7) is 2.71. The van der Waals surface area contributed by atoms with Crippen LogP contribution in [0.1, 0.15) is 23.0 Å². The van der Waals surface area contributed by atoms with E-state index in [1.165, 1.54) is 17.5 Å². The van der Waals surface area contributed by atoms with Crippen LogP contribution in [0.3, 0.4) is 0 Å². The van der Waals surface area contributed by atoms with E-state index in [1.54, 1.807) is 5.38 Å². The molecule has 0 saturated carbocycles. The first-order chi connectivity index (χ1) is 9.37. The van der Waals surface area contributed by atoms with Crippen molar-refractivity contribution in [3.05, 3.63) is 16.3 Å². The molecule has 21 heavy (non-hydrogen) atoms. The van der Waals surface area contributed by atoms with Crippen LogP contribution in [0.15, 0.2) is 16.3 Å². The van der Waals surface area contributed by atoms with Crippen LogP contribution in [-0.2, 0) is 14.8 Å². The summed E-state index contributed by atoms with van der Waals surface area (Å²) in [6, 6.07) is 1.41. The van der Waals surface area contributed by atoms with E-state index in [4.69, 9.17) is 5.73 Å². The van der Waals surface area contributed by atoms with Gasteiger partial charge in [0.2, 0.25) is 10.0 Å². The average Bonchev–Trinajstić information content (AvgIpc) is 3.06. The van der Waals surface area contributed by atoms with Crippen molar-refractivity contribution in [1.82, 2.24) is 4.31 Å². The number of halogens is 1. The molecule has 2 heterocycles. The van der Waals surface area contributed by atoms with Gasteiger partial charge in [-0.25, -0.2) is 13.2 Å². The van der Waals surface area contributed by atoms with Gasteiger partial charge in [0, 0.05) is 19.1 Å². The van der Waals surface area contributed by atoms with Crippen molar-refractivity contribution in [3.63, 3.8) is 0 Å². The van der Waals surface area contributed by atoms with Crippen LogP contribution < -0.4 is 5.73 Å². The summed E-state index contributed by atoms with van der Waals surface area (Å²) >= 11 is 1.07. The SMILES string of the molecule is COC(=O)c1sccc1S(=O)(=O)N1CCC(C(C)N)C1.Cl. The van der Waals surface area contributed by atoms with Crippen molar-refractivity contribution < 1.29 is 17.9 Å². The topological polar surface area (TPSA) is 89.7 Å². The molecule has 1 aliphatic heterocycles. The van der Waals surface area contributed by atoms with Crippen molar-refractivity contribution >= 4 is 39.7 Å². The number of nitrogens with two attached hydrogens (primary N) is 1. The van der Waals surface area contributed by atoms with E-state index in [1.807, 2.05) is 6.92 Å². The highest BCUT2D eigenvalue weighted by molar-refractivity contribution is 7.89. The summed E-state index contributed by atoms with van der Waals surface area (Å²) in [5.41, 5.74) is 5.83. The third-order valence-electron chi connectivity index (χ3n) is 3.55. The zero-order valence-corrected chi connectivity index (χ0v) is 14.3. The van der Waals surface area contributed by atoms with Gasteiger partial charge in [-0.2, -0.15) is 4.31 Å². The van der Waals surface area contributed by atoms with E-state index in [2.05, 4.69) is 4.74 Å². The van der Waals surface area contributed by atoms with E-state index >= 15 is 0 Å². The molecule has 6 nitrogen and oxygen atoms in total. The predicted molar refractivity (Wildman–Crippen MR) is 83.4 cm³/mol. The number of ether oxygens (including phenoxy) is 1. The number of carbonyl (C=O) groups is 1. The lowest BCUT2D eigenvalue weighted by Crippen LogP contribution is -2.33. The van der Waals surface area contributed by atoms with Gasteiger partial charge in [0.25, 0.3) is 0 Å². The number of methoxy groups -OCH3 is 1. The molecule has 9 heteroatoms. The summed E-state index contributed by atoms with van der Waals surface area (Å²) in [5, 5.41) is 1.58. The summed E-state index contributed by atoms with van der Waals surface area (Å²) in [7, 11) is -2.42. The molecule has 1 saturated heterocycles. The molecular weight excluding hydrogens is 336 g/mol. The monoisotopic (exact) mass is 354 g/mol. The van der Waals surface area contributed by atoms with E-state index in [0.717, 1.165) is 17.8 Å². The zero-order chi connectivity index (χ0) is 14.9. The fourth-order valence-electron chi connectivity index (χ4n) is 2.28. The lowest BCUT2D eigenvalue weighted by atomic mass is 10.0. The zero-order valence-electron chi connectivity index (χ0n) is 11.8. The first-order valence-corrected chi connectivity index (χ1v) is 8.61. The smallest absolute Gasteiger partial charge is 0.349 e. The van der Waals surface area contributed by atoms with E-state index < -0.39 is 16.0 Å².